The first kappa shape index (κ1) is 38.6. The third-order valence-corrected chi connectivity index (χ3v) is 16.0. The van der Waals surface area contributed by atoms with E-state index in [4.69, 9.17) is 0 Å². The van der Waals surface area contributed by atoms with Crippen molar-refractivity contribution in [3.63, 3.8) is 0 Å². The molecule has 0 saturated carbocycles. The van der Waals surface area contributed by atoms with Crippen molar-refractivity contribution in [3.8, 4) is 11.4 Å². The van der Waals surface area contributed by atoms with Crippen LogP contribution in [0.4, 0.5) is 0 Å². The van der Waals surface area contributed by atoms with E-state index in [1.54, 1.807) is 0 Å². The number of hydrogen-bond donors (Lipinski definition) is 1. The third kappa shape index (κ3) is 5.48. The molecule has 2 fully saturated rings. The van der Waals surface area contributed by atoms with Gasteiger partial charge in [0, 0.05) is 39.1 Å². The maximum atomic E-state index is 4.15. The summed E-state index contributed by atoms with van der Waals surface area (Å²) < 4.78 is 4.99. The molecule has 330 valence electrons. The molecule has 5 heteroatoms. The van der Waals surface area contributed by atoms with Crippen LogP contribution in [0.5, 0.6) is 0 Å². The van der Waals surface area contributed by atoms with Crippen LogP contribution in [0.1, 0.15) is 52.4 Å². The first-order chi connectivity index (χ1) is 34.7. The highest BCUT2D eigenvalue weighted by Gasteiger charge is 2.60. The highest BCUT2D eigenvalue weighted by molar-refractivity contribution is 6.15. The van der Waals surface area contributed by atoms with Crippen molar-refractivity contribution in [3.05, 3.63) is 259 Å². The molecule has 0 amide bonds. The van der Waals surface area contributed by atoms with Crippen molar-refractivity contribution in [2.45, 2.75) is 24.4 Å². The molecule has 1 N–H and O–H groups in total. The van der Waals surface area contributed by atoms with Crippen LogP contribution in [0.25, 0.3) is 93.2 Å². The summed E-state index contributed by atoms with van der Waals surface area (Å²) in [6.45, 7) is 0. The molecular formula is C65H45N5. The molecule has 2 saturated heterocycles. The van der Waals surface area contributed by atoms with Crippen molar-refractivity contribution < 1.29 is 0 Å². The lowest BCUT2D eigenvalue weighted by Gasteiger charge is -2.26. The number of rotatable bonds is 5. The lowest BCUT2D eigenvalue weighted by molar-refractivity contribution is 0.315. The van der Waals surface area contributed by atoms with Gasteiger partial charge in [0.15, 0.2) is 0 Å². The molecule has 0 radical (unpaired) electrons. The fourth-order valence-corrected chi connectivity index (χ4v) is 12.9. The highest BCUT2D eigenvalue weighted by Crippen LogP contribution is 2.58. The first-order valence-corrected chi connectivity index (χ1v) is 24.7. The van der Waals surface area contributed by atoms with Gasteiger partial charge in [-0.1, -0.05) is 182 Å². The van der Waals surface area contributed by atoms with Crippen molar-refractivity contribution in [1.82, 2.24) is 24.5 Å². The van der Waals surface area contributed by atoms with Gasteiger partial charge in [-0.2, -0.15) is 10.0 Å². The normalized spacial score (nSPS) is 22.2. The molecule has 10 aromatic carbocycles. The number of fused-ring (bicyclic) bond motifs is 14. The van der Waals surface area contributed by atoms with Crippen LogP contribution in [0.2, 0.25) is 0 Å². The number of allylic oxidation sites excluding steroid dienone is 5. The van der Waals surface area contributed by atoms with Crippen molar-refractivity contribution in [2.75, 3.05) is 0 Å². The van der Waals surface area contributed by atoms with Crippen LogP contribution < -0.4 is 5.32 Å². The average molecular weight is 896 g/mol. The highest BCUT2D eigenvalue weighted by atomic mass is 15.9. The van der Waals surface area contributed by atoms with Crippen molar-refractivity contribution in [1.29, 1.82) is 0 Å². The van der Waals surface area contributed by atoms with E-state index in [1.165, 1.54) is 115 Å². The summed E-state index contributed by atoms with van der Waals surface area (Å²) in [4.78, 5) is 0. The Morgan fingerprint density at radius 3 is 1.94 bits per heavy atom. The number of aromatic nitrogens is 2. The summed E-state index contributed by atoms with van der Waals surface area (Å²) in [6.07, 6.45) is 14.0. The second-order valence-electron chi connectivity index (χ2n) is 19.6. The summed E-state index contributed by atoms with van der Waals surface area (Å²) >= 11 is 0. The van der Waals surface area contributed by atoms with Crippen molar-refractivity contribution in [2.24, 2.45) is 5.92 Å². The van der Waals surface area contributed by atoms with E-state index in [1.807, 2.05) is 0 Å². The zero-order valence-corrected chi connectivity index (χ0v) is 38.2. The molecule has 2 aliphatic heterocycles. The van der Waals surface area contributed by atoms with Gasteiger partial charge in [-0.15, -0.1) is 0 Å². The maximum Gasteiger partial charge on any atom is 0.119 e. The van der Waals surface area contributed by atoms with E-state index in [9.17, 15) is 0 Å². The first-order valence-electron chi connectivity index (χ1n) is 24.7. The SMILES string of the molecule is C1=CC2C=Cc3c(c4ccccc4n3-c3ccc4cc5c(cc4c3)c3ccccc3n5-c3ccc(C4NC(c5ccc6ccc7ccccc7c6c5)N5C(c6ccccc6)N45)c4ccccc34)C2C=C1. The average Bonchev–Trinajstić information content (AvgIpc) is 3.69. The molecule has 4 heterocycles. The third-order valence-electron chi connectivity index (χ3n) is 16.0. The molecule has 7 unspecified atom stereocenters. The summed E-state index contributed by atoms with van der Waals surface area (Å²) in [7, 11) is 0. The van der Waals surface area contributed by atoms with Crippen molar-refractivity contribution >= 4 is 81.9 Å². The van der Waals surface area contributed by atoms with E-state index < -0.39 is 0 Å². The lowest BCUT2D eigenvalue weighted by atomic mass is 9.78. The number of nitrogens with one attached hydrogen (secondary N) is 1. The van der Waals surface area contributed by atoms with Crippen LogP contribution >= 0.6 is 0 Å². The monoisotopic (exact) mass is 895 g/mol. The van der Waals surface area contributed by atoms with Gasteiger partial charge in [0.1, 0.15) is 18.5 Å². The minimum atomic E-state index is -0.0374. The largest absolute Gasteiger partial charge is 0.310 e. The Kier molecular flexibility index (Phi) is 8.05. The summed E-state index contributed by atoms with van der Waals surface area (Å²) in [6, 6.07) is 74.8. The molecule has 0 bridgehead atoms. The van der Waals surface area contributed by atoms with E-state index in [2.05, 4.69) is 261 Å². The fraction of sp³-hybridized carbons (Fsp3) is 0.0769. The van der Waals surface area contributed by atoms with Gasteiger partial charge in [-0.25, -0.2) is 0 Å². The quantitative estimate of drug-likeness (QED) is 0.138. The minimum absolute atomic E-state index is 0.0000854. The van der Waals surface area contributed by atoms with Crippen LogP contribution in [0.15, 0.2) is 231 Å². The number of nitrogens with zero attached hydrogens (tertiary/aromatic N) is 4. The van der Waals surface area contributed by atoms with Gasteiger partial charge in [0.2, 0.25) is 0 Å². The Morgan fingerprint density at radius 2 is 1.07 bits per heavy atom. The Balaban J connectivity index is 0.830. The Labute approximate surface area is 404 Å². The molecule has 2 aromatic heterocycles. The Hall–Kier alpha value is -8.32. The minimum Gasteiger partial charge on any atom is -0.310 e. The lowest BCUT2D eigenvalue weighted by Crippen LogP contribution is -2.27. The second-order valence-corrected chi connectivity index (χ2v) is 19.6. The van der Waals surface area contributed by atoms with E-state index in [0.29, 0.717) is 11.8 Å². The number of benzene rings is 10. The predicted octanol–water partition coefficient (Wildman–Crippen LogP) is 15.7. The zero-order chi connectivity index (χ0) is 45.6. The van der Waals surface area contributed by atoms with Gasteiger partial charge in [-0.3, -0.25) is 5.32 Å². The predicted molar refractivity (Wildman–Crippen MR) is 289 cm³/mol. The van der Waals surface area contributed by atoms with E-state index in [0.717, 1.165) is 0 Å². The van der Waals surface area contributed by atoms with Gasteiger partial charge < -0.3 is 9.13 Å². The second kappa shape index (κ2) is 14.6. The summed E-state index contributed by atoms with van der Waals surface area (Å²) in [5, 5.41) is 23.1. The van der Waals surface area contributed by atoms with Crippen LogP contribution in [0, 0.1) is 5.92 Å². The maximum absolute atomic E-state index is 4.15. The van der Waals surface area contributed by atoms with E-state index in [-0.39, 0.29) is 18.5 Å². The molecule has 7 atom stereocenters. The molecule has 70 heavy (non-hydrogen) atoms. The van der Waals surface area contributed by atoms with E-state index >= 15 is 0 Å². The molecule has 5 nitrogen and oxygen atoms in total. The number of para-hydroxylation sites is 2. The summed E-state index contributed by atoms with van der Waals surface area (Å²) in [5.74, 6) is 0.720. The molecule has 0 spiro atoms. The Morgan fingerprint density at radius 1 is 0.386 bits per heavy atom. The van der Waals surface area contributed by atoms with Crippen LogP contribution in [-0.2, 0) is 0 Å². The summed E-state index contributed by atoms with van der Waals surface area (Å²) in [5.41, 5.74) is 12.6. The smallest absolute Gasteiger partial charge is 0.119 e. The van der Waals surface area contributed by atoms with Gasteiger partial charge in [-0.05, 0) is 115 Å². The molecule has 2 aliphatic carbocycles. The van der Waals surface area contributed by atoms with Crippen LogP contribution in [0.3, 0.4) is 0 Å². The number of hydrazine groups is 1. The van der Waals surface area contributed by atoms with Crippen LogP contribution in [-0.4, -0.2) is 19.2 Å². The van der Waals surface area contributed by atoms with Gasteiger partial charge in [0.25, 0.3) is 0 Å². The van der Waals surface area contributed by atoms with Gasteiger partial charge in [0.05, 0.1) is 27.9 Å². The zero-order valence-electron chi connectivity index (χ0n) is 38.2. The van der Waals surface area contributed by atoms with Gasteiger partial charge >= 0.3 is 0 Å². The standard InChI is InChI=1S/C65H45N5/c1-2-16-43(17-3-1)65-69-63(45-29-28-42-27-26-40-14-4-6-18-48(40)55(42)37-45)66-64(70(65)69)53-33-35-59(51-21-9-8-20-50(51)53)68-57-24-12-10-22-52(57)56-38-46-36-47(32-30-44(46)39-61(56)68)67-58-25-13-11-23-54(58)62-49-19-7-5-15-41(49)31-34-60(62)67/h1-39,41,49,63-66H. The molecular weight excluding hydrogens is 851 g/mol. The molecule has 16 rings (SSSR count). The molecule has 4 aliphatic rings. The topological polar surface area (TPSA) is 27.9 Å². The fourth-order valence-electron chi connectivity index (χ4n) is 12.9. The number of hydrogen-bond acceptors (Lipinski definition) is 3. The molecule has 12 aromatic rings. The Bertz CT molecular complexity index is 4280.